The molecule has 0 atom stereocenters. The Bertz CT molecular complexity index is 415. The first-order valence-electron chi connectivity index (χ1n) is 3.31. The van der Waals surface area contributed by atoms with Crippen LogP contribution in [-0.2, 0) is 6.61 Å². The molecule has 0 bridgehead atoms. The van der Waals surface area contributed by atoms with Crippen molar-refractivity contribution in [1.82, 2.24) is 9.97 Å². The van der Waals surface area contributed by atoms with E-state index in [1.165, 1.54) is 11.3 Å². The van der Waals surface area contributed by atoms with Crippen LogP contribution in [0.15, 0.2) is 12.3 Å². The number of aromatic nitrogens is 2. The highest BCUT2D eigenvalue weighted by Crippen LogP contribution is 2.23. The van der Waals surface area contributed by atoms with Gasteiger partial charge in [0.05, 0.1) is 16.8 Å². The second-order valence-corrected chi connectivity index (χ2v) is 3.77. The molecule has 2 rings (SSSR count). The smallest absolute Gasteiger partial charge is 0.222 e. The number of thiophene rings is 1. The summed E-state index contributed by atoms with van der Waals surface area (Å²) in [5, 5.41) is 9.08. The van der Waals surface area contributed by atoms with Crippen LogP contribution in [0, 0.1) is 0 Å². The Morgan fingerprint density at radius 2 is 2.42 bits per heavy atom. The van der Waals surface area contributed by atoms with Crippen molar-refractivity contribution in [3.63, 3.8) is 0 Å². The topological polar surface area (TPSA) is 46.0 Å². The average molecular weight is 201 g/mol. The minimum absolute atomic E-state index is 0.0403. The molecule has 0 aromatic carbocycles. The SMILES string of the molecule is OCc1cc2nc(Cl)ncc2s1. The number of hydrogen-bond acceptors (Lipinski definition) is 4. The fourth-order valence-electron chi connectivity index (χ4n) is 0.945. The molecule has 2 heterocycles. The van der Waals surface area contributed by atoms with Crippen molar-refractivity contribution >= 4 is 33.2 Å². The molecule has 12 heavy (non-hydrogen) atoms. The molecule has 0 aliphatic carbocycles. The lowest BCUT2D eigenvalue weighted by molar-refractivity contribution is 0.285. The third-order valence-corrected chi connectivity index (χ3v) is 2.67. The summed E-state index contributed by atoms with van der Waals surface area (Å²) in [6.45, 7) is 0.0403. The number of rotatable bonds is 1. The highest BCUT2D eigenvalue weighted by molar-refractivity contribution is 7.18. The molecular formula is C7H5ClN2OS. The fourth-order valence-corrected chi connectivity index (χ4v) is 1.92. The van der Waals surface area contributed by atoms with E-state index in [9.17, 15) is 0 Å². The second-order valence-electron chi connectivity index (χ2n) is 2.26. The van der Waals surface area contributed by atoms with E-state index in [0.29, 0.717) is 0 Å². The number of fused-ring (bicyclic) bond motifs is 1. The van der Waals surface area contributed by atoms with Crippen LogP contribution < -0.4 is 0 Å². The number of hydrogen-bond donors (Lipinski definition) is 1. The minimum Gasteiger partial charge on any atom is -0.391 e. The van der Waals surface area contributed by atoms with E-state index in [1.54, 1.807) is 6.20 Å². The van der Waals surface area contributed by atoms with Gasteiger partial charge in [-0.05, 0) is 17.7 Å². The van der Waals surface area contributed by atoms with Crippen LogP contribution in [0.1, 0.15) is 4.88 Å². The zero-order chi connectivity index (χ0) is 8.55. The van der Waals surface area contributed by atoms with Crippen molar-refractivity contribution in [3.05, 3.63) is 22.4 Å². The lowest BCUT2D eigenvalue weighted by Gasteiger charge is -1.86. The molecule has 2 aromatic rings. The maximum absolute atomic E-state index is 8.84. The number of aliphatic hydroxyl groups is 1. The van der Waals surface area contributed by atoms with Gasteiger partial charge in [-0.3, -0.25) is 0 Å². The molecular weight excluding hydrogens is 196 g/mol. The molecule has 62 valence electrons. The van der Waals surface area contributed by atoms with Crippen LogP contribution in [-0.4, -0.2) is 15.1 Å². The Labute approximate surface area is 77.7 Å². The quantitative estimate of drug-likeness (QED) is 0.715. The molecule has 0 radical (unpaired) electrons. The number of halogens is 1. The normalized spacial score (nSPS) is 10.8. The molecule has 5 heteroatoms. The highest BCUT2D eigenvalue weighted by Gasteiger charge is 2.02. The maximum Gasteiger partial charge on any atom is 0.222 e. The van der Waals surface area contributed by atoms with Crippen molar-refractivity contribution < 1.29 is 5.11 Å². The third-order valence-electron chi connectivity index (χ3n) is 1.45. The summed E-state index contributed by atoms with van der Waals surface area (Å²) in [6, 6.07) is 1.81. The highest BCUT2D eigenvalue weighted by atomic mass is 35.5. The van der Waals surface area contributed by atoms with Crippen LogP contribution >= 0.6 is 22.9 Å². The van der Waals surface area contributed by atoms with E-state index >= 15 is 0 Å². The molecule has 0 saturated heterocycles. The van der Waals surface area contributed by atoms with E-state index < -0.39 is 0 Å². The lowest BCUT2D eigenvalue weighted by Crippen LogP contribution is -1.78. The van der Waals surface area contributed by atoms with Crippen molar-refractivity contribution in [2.75, 3.05) is 0 Å². The van der Waals surface area contributed by atoms with E-state index in [4.69, 9.17) is 16.7 Å². The van der Waals surface area contributed by atoms with Crippen molar-refractivity contribution in [1.29, 1.82) is 0 Å². The molecule has 0 unspecified atom stereocenters. The summed E-state index contributed by atoms with van der Waals surface area (Å²) >= 11 is 7.06. The summed E-state index contributed by atoms with van der Waals surface area (Å²) in [4.78, 5) is 8.71. The summed E-state index contributed by atoms with van der Waals surface area (Å²) in [6.07, 6.45) is 1.66. The predicted molar refractivity (Wildman–Crippen MR) is 48.3 cm³/mol. The van der Waals surface area contributed by atoms with Gasteiger partial charge in [0.1, 0.15) is 0 Å². The average Bonchev–Trinajstić information content (AvgIpc) is 2.46. The van der Waals surface area contributed by atoms with Crippen LogP contribution in [0.3, 0.4) is 0 Å². The molecule has 0 amide bonds. The maximum atomic E-state index is 8.84. The summed E-state index contributed by atoms with van der Waals surface area (Å²) in [7, 11) is 0. The Morgan fingerprint density at radius 1 is 1.58 bits per heavy atom. The number of aliphatic hydroxyl groups excluding tert-OH is 1. The van der Waals surface area contributed by atoms with Crippen LogP contribution in [0.5, 0.6) is 0 Å². The van der Waals surface area contributed by atoms with Gasteiger partial charge in [0.25, 0.3) is 0 Å². The molecule has 0 spiro atoms. The predicted octanol–water partition coefficient (Wildman–Crippen LogP) is 1.84. The Hall–Kier alpha value is -0.710. The van der Waals surface area contributed by atoms with Gasteiger partial charge in [-0.2, -0.15) is 0 Å². The fraction of sp³-hybridized carbons (Fsp3) is 0.143. The van der Waals surface area contributed by atoms with E-state index in [1.807, 2.05) is 6.07 Å². The largest absolute Gasteiger partial charge is 0.391 e. The van der Waals surface area contributed by atoms with Crippen molar-refractivity contribution in [2.24, 2.45) is 0 Å². The molecule has 1 N–H and O–H groups in total. The first-order valence-corrected chi connectivity index (χ1v) is 4.51. The molecule has 2 aromatic heterocycles. The summed E-state index contributed by atoms with van der Waals surface area (Å²) in [5.74, 6) is 0. The Balaban J connectivity index is 2.67. The molecule has 3 nitrogen and oxygen atoms in total. The lowest BCUT2D eigenvalue weighted by atomic mass is 10.4. The first kappa shape index (κ1) is 7.91. The van der Waals surface area contributed by atoms with Gasteiger partial charge in [-0.15, -0.1) is 11.3 Å². The zero-order valence-electron chi connectivity index (χ0n) is 5.99. The minimum atomic E-state index is 0.0403. The first-order chi connectivity index (χ1) is 5.79. The van der Waals surface area contributed by atoms with Gasteiger partial charge in [0.2, 0.25) is 5.28 Å². The van der Waals surface area contributed by atoms with Crippen LogP contribution in [0.2, 0.25) is 5.28 Å². The van der Waals surface area contributed by atoms with Gasteiger partial charge in [-0.25, -0.2) is 9.97 Å². The van der Waals surface area contributed by atoms with Gasteiger partial charge in [0.15, 0.2) is 0 Å². The van der Waals surface area contributed by atoms with Crippen LogP contribution in [0.25, 0.3) is 10.2 Å². The third kappa shape index (κ3) is 1.29. The zero-order valence-corrected chi connectivity index (χ0v) is 7.56. The van der Waals surface area contributed by atoms with Gasteiger partial charge in [-0.1, -0.05) is 0 Å². The molecule has 0 fully saturated rings. The van der Waals surface area contributed by atoms with E-state index in [0.717, 1.165) is 15.1 Å². The van der Waals surface area contributed by atoms with Gasteiger partial charge >= 0.3 is 0 Å². The standard InChI is InChI=1S/C7H5ClN2OS/c8-7-9-2-6-5(10-7)1-4(3-11)12-6/h1-2,11H,3H2. The van der Waals surface area contributed by atoms with Gasteiger partial charge < -0.3 is 5.11 Å². The Kier molecular flexibility index (Phi) is 1.96. The van der Waals surface area contributed by atoms with Crippen molar-refractivity contribution in [2.45, 2.75) is 6.61 Å². The summed E-state index contributed by atoms with van der Waals surface area (Å²) in [5.41, 5.74) is 0.795. The van der Waals surface area contributed by atoms with Crippen molar-refractivity contribution in [3.8, 4) is 0 Å². The monoisotopic (exact) mass is 200 g/mol. The van der Waals surface area contributed by atoms with Gasteiger partial charge in [0, 0.05) is 11.1 Å². The molecule has 0 aliphatic rings. The van der Waals surface area contributed by atoms with E-state index in [-0.39, 0.29) is 11.9 Å². The van der Waals surface area contributed by atoms with E-state index in [2.05, 4.69) is 9.97 Å². The second kappa shape index (κ2) is 2.97. The Morgan fingerprint density at radius 3 is 3.17 bits per heavy atom. The molecule has 0 saturated carbocycles. The molecule has 0 aliphatic heterocycles. The summed E-state index contributed by atoms with van der Waals surface area (Å²) < 4.78 is 0.948. The van der Waals surface area contributed by atoms with Crippen LogP contribution in [0.4, 0.5) is 0 Å². The number of nitrogens with zero attached hydrogens (tertiary/aromatic N) is 2.